The molecule has 2 rings (SSSR count). The topological polar surface area (TPSA) is 62.5 Å². The van der Waals surface area contributed by atoms with Crippen LogP contribution in [-0.4, -0.2) is 53.9 Å². The molecule has 1 saturated heterocycles. The molecule has 5 heteroatoms. The molecule has 1 fully saturated rings. The standard InChI is InChI=1S/C13H20N4O/c1-16(2)12-5-6-17(9-12)13(18)7-11-4-3-10(14)8-15-11/h3-4,8,12H,5-7,9,14H2,1-2H3. The first-order chi connectivity index (χ1) is 8.56. The first-order valence-corrected chi connectivity index (χ1v) is 6.21. The minimum Gasteiger partial charge on any atom is -0.397 e. The molecule has 0 saturated carbocycles. The maximum Gasteiger partial charge on any atom is 0.228 e. The zero-order chi connectivity index (χ0) is 13.1. The van der Waals surface area contributed by atoms with Crippen LogP contribution >= 0.6 is 0 Å². The van der Waals surface area contributed by atoms with Crippen LogP contribution in [0.4, 0.5) is 5.69 Å². The summed E-state index contributed by atoms with van der Waals surface area (Å²) in [5, 5.41) is 0. The Morgan fingerprint density at radius 1 is 1.56 bits per heavy atom. The van der Waals surface area contributed by atoms with Crippen molar-refractivity contribution in [1.82, 2.24) is 14.8 Å². The van der Waals surface area contributed by atoms with Gasteiger partial charge >= 0.3 is 0 Å². The Kier molecular flexibility index (Phi) is 3.81. The van der Waals surface area contributed by atoms with Gasteiger partial charge in [0.05, 0.1) is 18.3 Å². The Balaban J connectivity index is 1.91. The van der Waals surface area contributed by atoms with Crippen LogP contribution in [0, 0.1) is 0 Å². The number of nitrogen functional groups attached to an aromatic ring is 1. The number of nitrogens with two attached hydrogens (primary N) is 1. The third-order valence-corrected chi connectivity index (χ3v) is 3.43. The van der Waals surface area contributed by atoms with Crippen LogP contribution in [0.15, 0.2) is 18.3 Å². The zero-order valence-electron chi connectivity index (χ0n) is 11.0. The van der Waals surface area contributed by atoms with E-state index in [0.29, 0.717) is 18.2 Å². The van der Waals surface area contributed by atoms with Crippen molar-refractivity contribution in [3.05, 3.63) is 24.0 Å². The summed E-state index contributed by atoms with van der Waals surface area (Å²) >= 11 is 0. The molecule has 98 valence electrons. The second-order valence-corrected chi connectivity index (χ2v) is 5.01. The molecular weight excluding hydrogens is 228 g/mol. The van der Waals surface area contributed by atoms with E-state index in [0.717, 1.165) is 25.2 Å². The summed E-state index contributed by atoms with van der Waals surface area (Å²) in [5.74, 6) is 0.150. The summed E-state index contributed by atoms with van der Waals surface area (Å²) in [6.45, 7) is 1.66. The van der Waals surface area contributed by atoms with Crippen molar-refractivity contribution in [1.29, 1.82) is 0 Å². The van der Waals surface area contributed by atoms with Gasteiger partial charge in [-0.05, 0) is 32.6 Å². The summed E-state index contributed by atoms with van der Waals surface area (Å²) in [5.41, 5.74) is 6.97. The average molecular weight is 248 g/mol. The van der Waals surface area contributed by atoms with Crippen LogP contribution in [0.3, 0.4) is 0 Å². The van der Waals surface area contributed by atoms with Gasteiger partial charge in [0.2, 0.25) is 5.91 Å². The second-order valence-electron chi connectivity index (χ2n) is 5.01. The third kappa shape index (κ3) is 2.98. The molecule has 18 heavy (non-hydrogen) atoms. The van der Waals surface area contributed by atoms with Gasteiger partial charge in [-0.2, -0.15) is 0 Å². The van der Waals surface area contributed by atoms with Gasteiger partial charge in [0.25, 0.3) is 0 Å². The van der Waals surface area contributed by atoms with Crippen molar-refractivity contribution >= 4 is 11.6 Å². The largest absolute Gasteiger partial charge is 0.397 e. The van der Waals surface area contributed by atoms with Gasteiger partial charge in [-0.3, -0.25) is 9.78 Å². The van der Waals surface area contributed by atoms with E-state index in [4.69, 9.17) is 5.73 Å². The Bertz CT molecular complexity index is 416. The van der Waals surface area contributed by atoms with Gasteiger partial charge in [0.15, 0.2) is 0 Å². The van der Waals surface area contributed by atoms with Gasteiger partial charge in [-0.1, -0.05) is 0 Å². The van der Waals surface area contributed by atoms with Crippen LogP contribution in [0.5, 0.6) is 0 Å². The van der Waals surface area contributed by atoms with E-state index in [1.54, 1.807) is 12.3 Å². The SMILES string of the molecule is CN(C)C1CCN(C(=O)Cc2ccc(N)cn2)C1. The number of hydrogen-bond donors (Lipinski definition) is 1. The van der Waals surface area contributed by atoms with Gasteiger partial charge in [-0.25, -0.2) is 0 Å². The predicted octanol–water partition coefficient (Wildman–Crippen LogP) is 0.369. The summed E-state index contributed by atoms with van der Waals surface area (Å²) in [6.07, 6.45) is 3.00. The Hall–Kier alpha value is -1.62. The van der Waals surface area contributed by atoms with E-state index in [-0.39, 0.29) is 5.91 Å². The molecule has 1 aromatic heterocycles. The molecule has 1 aromatic rings. The fraction of sp³-hybridized carbons (Fsp3) is 0.538. The van der Waals surface area contributed by atoms with Crippen LogP contribution in [-0.2, 0) is 11.2 Å². The normalized spacial score (nSPS) is 19.5. The highest BCUT2D eigenvalue weighted by molar-refractivity contribution is 5.78. The molecule has 1 amide bonds. The highest BCUT2D eigenvalue weighted by Crippen LogP contribution is 2.14. The fourth-order valence-electron chi connectivity index (χ4n) is 2.20. The monoisotopic (exact) mass is 248 g/mol. The smallest absolute Gasteiger partial charge is 0.228 e. The van der Waals surface area contributed by atoms with Crippen LogP contribution in [0.1, 0.15) is 12.1 Å². The highest BCUT2D eigenvalue weighted by atomic mass is 16.2. The number of anilines is 1. The molecule has 2 N–H and O–H groups in total. The summed E-state index contributed by atoms with van der Waals surface area (Å²) in [6, 6.07) is 4.07. The van der Waals surface area contributed by atoms with Crippen molar-refractivity contribution < 1.29 is 4.79 Å². The fourth-order valence-corrected chi connectivity index (χ4v) is 2.20. The first-order valence-electron chi connectivity index (χ1n) is 6.21. The molecule has 1 atom stereocenters. The van der Waals surface area contributed by atoms with Gasteiger partial charge < -0.3 is 15.5 Å². The molecule has 1 unspecified atom stereocenters. The lowest BCUT2D eigenvalue weighted by molar-refractivity contribution is -0.129. The lowest BCUT2D eigenvalue weighted by Crippen LogP contribution is -2.35. The molecule has 1 aliphatic rings. The Morgan fingerprint density at radius 2 is 2.33 bits per heavy atom. The third-order valence-electron chi connectivity index (χ3n) is 3.43. The zero-order valence-corrected chi connectivity index (χ0v) is 11.0. The minimum atomic E-state index is 0.150. The maximum absolute atomic E-state index is 12.1. The number of pyridine rings is 1. The quantitative estimate of drug-likeness (QED) is 0.839. The molecule has 5 nitrogen and oxygen atoms in total. The van der Waals surface area contributed by atoms with Crippen LogP contribution in [0.2, 0.25) is 0 Å². The van der Waals surface area contributed by atoms with E-state index in [1.165, 1.54) is 0 Å². The van der Waals surface area contributed by atoms with Crippen molar-refractivity contribution in [3.8, 4) is 0 Å². The van der Waals surface area contributed by atoms with Crippen LogP contribution in [0.25, 0.3) is 0 Å². The first kappa shape index (κ1) is 12.8. The number of likely N-dealkylation sites (tertiary alicyclic amines) is 1. The number of amides is 1. The summed E-state index contributed by atoms with van der Waals surface area (Å²) < 4.78 is 0. The molecule has 1 aliphatic heterocycles. The lowest BCUT2D eigenvalue weighted by atomic mass is 10.2. The van der Waals surface area contributed by atoms with E-state index < -0.39 is 0 Å². The van der Waals surface area contributed by atoms with Crippen LogP contribution < -0.4 is 5.73 Å². The number of nitrogens with zero attached hydrogens (tertiary/aromatic N) is 3. The van der Waals surface area contributed by atoms with E-state index >= 15 is 0 Å². The summed E-state index contributed by atoms with van der Waals surface area (Å²) in [7, 11) is 4.11. The van der Waals surface area contributed by atoms with Gasteiger partial charge in [0, 0.05) is 24.8 Å². The van der Waals surface area contributed by atoms with Crippen molar-refractivity contribution in [2.24, 2.45) is 0 Å². The molecule has 0 bridgehead atoms. The second kappa shape index (κ2) is 5.35. The number of carbonyl (C=O) groups excluding carboxylic acids is 1. The Labute approximate surface area is 108 Å². The van der Waals surface area contributed by atoms with E-state index in [9.17, 15) is 4.79 Å². The van der Waals surface area contributed by atoms with E-state index in [1.807, 2.05) is 11.0 Å². The predicted molar refractivity (Wildman–Crippen MR) is 71.0 cm³/mol. The van der Waals surface area contributed by atoms with Gasteiger partial charge in [0.1, 0.15) is 0 Å². The van der Waals surface area contributed by atoms with E-state index in [2.05, 4.69) is 24.0 Å². The maximum atomic E-state index is 12.1. The molecule has 0 aliphatic carbocycles. The minimum absolute atomic E-state index is 0.150. The molecule has 2 heterocycles. The average Bonchev–Trinajstić information content (AvgIpc) is 2.81. The summed E-state index contributed by atoms with van der Waals surface area (Å²) in [4.78, 5) is 20.4. The molecule has 0 radical (unpaired) electrons. The number of likely N-dealkylation sites (N-methyl/N-ethyl adjacent to an activating group) is 1. The van der Waals surface area contributed by atoms with Crippen molar-refractivity contribution in [2.45, 2.75) is 18.9 Å². The molecule has 0 spiro atoms. The number of carbonyl (C=O) groups is 1. The van der Waals surface area contributed by atoms with Crippen molar-refractivity contribution in [2.75, 3.05) is 32.9 Å². The lowest BCUT2D eigenvalue weighted by Gasteiger charge is -2.20. The van der Waals surface area contributed by atoms with Gasteiger partial charge in [-0.15, -0.1) is 0 Å². The number of hydrogen-bond acceptors (Lipinski definition) is 4. The molecular formula is C13H20N4O. The van der Waals surface area contributed by atoms with Crippen molar-refractivity contribution in [3.63, 3.8) is 0 Å². The number of rotatable bonds is 3. The highest BCUT2D eigenvalue weighted by Gasteiger charge is 2.27. The molecule has 0 aromatic carbocycles. The number of aromatic nitrogens is 1. The Morgan fingerprint density at radius 3 is 2.89 bits per heavy atom.